The summed E-state index contributed by atoms with van der Waals surface area (Å²) in [5.41, 5.74) is -1.79. The van der Waals surface area contributed by atoms with Crippen LogP contribution >= 0.6 is 0 Å². The number of carboxylic acid groups (broad SMARTS) is 1. The molecule has 92 valence electrons. The number of phenols is 1. The fourth-order valence-corrected chi connectivity index (χ4v) is 1.38. The summed E-state index contributed by atoms with van der Waals surface area (Å²) < 4.78 is 49.6. The van der Waals surface area contributed by atoms with Crippen molar-refractivity contribution in [2.24, 2.45) is 0 Å². The molecule has 18 heavy (non-hydrogen) atoms. The van der Waals surface area contributed by atoms with Gasteiger partial charge in [-0.15, -0.1) is 0 Å². The molecule has 3 nitrogen and oxygen atoms in total. The first-order valence-electron chi connectivity index (χ1n) is 6.27. The fourth-order valence-electron chi connectivity index (χ4n) is 1.38. The van der Waals surface area contributed by atoms with Crippen LogP contribution in [0.25, 0.3) is 11.1 Å². The van der Waals surface area contributed by atoms with Gasteiger partial charge in [0.2, 0.25) is 0 Å². The molecule has 2 aromatic carbocycles. The van der Waals surface area contributed by atoms with E-state index >= 15 is 0 Å². The molecule has 0 heterocycles. The first-order valence-corrected chi connectivity index (χ1v) is 4.77. The van der Waals surface area contributed by atoms with Crippen LogP contribution in [0, 0.1) is 11.6 Å². The van der Waals surface area contributed by atoms with Crippen LogP contribution < -0.4 is 0 Å². The van der Waals surface area contributed by atoms with E-state index in [2.05, 4.69) is 0 Å². The van der Waals surface area contributed by atoms with Crippen LogP contribution in [-0.2, 0) is 0 Å². The summed E-state index contributed by atoms with van der Waals surface area (Å²) in [6, 6.07) is -0.0287. The maximum atomic E-state index is 13.8. The maximum absolute atomic E-state index is 13.8. The number of aromatic hydroxyl groups is 1. The number of carboxylic acids is 1. The number of aromatic carboxylic acids is 1. The smallest absolute Gasteiger partial charge is 0.339 e. The monoisotopic (exact) mass is 253 g/mol. The summed E-state index contributed by atoms with van der Waals surface area (Å²) in [5.74, 6) is -4.70. The molecule has 0 amide bonds. The lowest BCUT2D eigenvalue weighted by Crippen LogP contribution is -1.97. The molecule has 0 atom stereocenters. The van der Waals surface area contributed by atoms with Crippen molar-refractivity contribution < 1.29 is 27.9 Å². The molecule has 0 unspecified atom stereocenters. The first kappa shape index (κ1) is 8.63. The van der Waals surface area contributed by atoms with Crippen molar-refractivity contribution in [3.63, 3.8) is 0 Å². The van der Waals surface area contributed by atoms with E-state index in [-0.39, 0.29) is 5.56 Å². The number of carbonyl (C=O) groups is 1. The summed E-state index contributed by atoms with van der Waals surface area (Å²) in [6.07, 6.45) is 0. The third-order valence-corrected chi connectivity index (χ3v) is 2.21. The average molecular weight is 253 g/mol. The molecular formula is C13H8F2O3. The van der Waals surface area contributed by atoms with Crippen molar-refractivity contribution in [1.82, 2.24) is 0 Å². The quantitative estimate of drug-likeness (QED) is 0.864. The SMILES string of the molecule is [2H]c1c([2H])c(-c2ccc(F)cc2F)c([2H])c(C(=O)O)c1O. The number of hydrogen-bond donors (Lipinski definition) is 2. The molecule has 0 aromatic heterocycles. The highest BCUT2D eigenvalue weighted by Gasteiger charge is 2.13. The zero-order valence-corrected chi connectivity index (χ0v) is 8.79. The van der Waals surface area contributed by atoms with Crippen molar-refractivity contribution in [3.05, 3.63) is 53.5 Å². The molecule has 2 aromatic rings. The highest BCUT2D eigenvalue weighted by Crippen LogP contribution is 2.28. The topological polar surface area (TPSA) is 57.5 Å². The Kier molecular flexibility index (Phi) is 2.13. The molecule has 2 N–H and O–H groups in total. The molecule has 0 aliphatic carbocycles. The fraction of sp³-hybridized carbons (Fsp3) is 0. The van der Waals surface area contributed by atoms with E-state index in [0.29, 0.717) is 6.07 Å². The Balaban J connectivity index is 2.89. The Labute approximate surface area is 105 Å². The van der Waals surface area contributed by atoms with Crippen LogP contribution in [-0.4, -0.2) is 16.2 Å². The van der Waals surface area contributed by atoms with Gasteiger partial charge in [0.1, 0.15) is 22.9 Å². The second-order valence-electron chi connectivity index (χ2n) is 3.40. The van der Waals surface area contributed by atoms with E-state index in [1.807, 2.05) is 0 Å². The molecule has 5 heteroatoms. The summed E-state index contributed by atoms with van der Waals surface area (Å²) in [4.78, 5) is 11.1. The van der Waals surface area contributed by atoms with Gasteiger partial charge in [0.15, 0.2) is 0 Å². The third kappa shape index (κ3) is 2.15. The number of halogens is 2. The lowest BCUT2D eigenvalue weighted by Gasteiger charge is -2.06. The van der Waals surface area contributed by atoms with Crippen LogP contribution in [0.5, 0.6) is 5.75 Å². The highest BCUT2D eigenvalue weighted by molar-refractivity contribution is 5.92. The van der Waals surface area contributed by atoms with Crippen LogP contribution in [0.2, 0.25) is 0 Å². The lowest BCUT2D eigenvalue weighted by atomic mass is 10.0. The molecule has 0 saturated heterocycles. The van der Waals surface area contributed by atoms with Gasteiger partial charge in [-0.05, 0) is 29.8 Å². The van der Waals surface area contributed by atoms with Crippen LogP contribution in [0.3, 0.4) is 0 Å². The summed E-state index contributed by atoms with van der Waals surface area (Å²) in [7, 11) is 0. The predicted octanol–water partition coefficient (Wildman–Crippen LogP) is 3.04. The normalized spacial score (nSPS) is 12.7. The molecule has 0 radical (unpaired) electrons. The number of rotatable bonds is 2. The third-order valence-electron chi connectivity index (χ3n) is 2.21. The largest absolute Gasteiger partial charge is 0.507 e. The molecule has 0 spiro atoms. The Bertz CT molecular complexity index is 763. The van der Waals surface area contributed by atoms with Crippen molar-refractivity contribution in [1.29, 1.82) is 0 Å². The second kappa shape index (κ2) is 4.44. The van der Waals surface area contributed by atoms with Gasteiger partial charge in [0.25, 0.3) is 0 Å². The zero-order valence-electron chi connectivity index (χ0n) is 11.8. The van der Waals surface area contributed by atoms with Crippen molar-refractivity contribution >= 4 is 5.97 Å². The number of hydrogen-bond acceptors (Lipinski definition) is 2. The molecular weight excluding hydrogens is 242 g/mol. The van der Waals surface area contributed by atoms with Gasteiger partial charge in [-0.1, -0.05) is 6.04 Å². The van der Waals surface area contributed by atoms with Crippen LogP contribution in [0.1, 0.15) is 14.5 Å². The van der Waals surface area contributed by atoms with E-state index in [0.717, 1.165) is 12.1 Å². The van der Waals surface area contributed by atoms with Gasteiger partial charge in [-0.2, -0.15) is 0 Å². The minimum absolute atomic E-state index is 0.387. The van der Waals surface area contributed by atoms with Crippen molar-refractivity contribution in [2.45, 2.75) is 0 Å². The second-order valence-corrected chi connectivity index (χ2v) is 3.40. The lowest BCUT2D eigenvalue weighted by molar-refractivity contribution is 0.0694. The summed E-state index contributed by atoms with van der Waals surface area (Å²) >= 11 is 0. The van der Waals surface area contributed by atoms with E-state index in [1.165, 1.54) is 0 Å². The van der Waals surface area contributed by atoms with E-state index < -0.39 is 52.6 Å². The van der Waals surface area contributed by atoms with Crippen LogP contribution in [0.15, 0.2) is 36.3 Å². The minimum atomic E-state index is -1.69. The van der Waals surface area contributed by atoms with Gasteiger partial charge in [-0.3, -0.25) is 0 Å². The molecule has 0 bridgehead atoms. The van der Waals surface area contributed by atoms with E-state index in [9.17, 15) is 18.7 Å². The molecule has 0 aliphatic rings. The Hall–Kier alpha value is -2.43. The van der Waals surface area contributed by atoms with Gasteiger partial charge < -0.3 is 10.2 Å². The van der Waals surface area contributed by atoms with Gasteiger partial charge in [0, 0.05) is 11.6 Å². The predicted molar refractivity (Wildman–Crippen MR) is 60.4 cm³/mol. The first-order chi connectivity index (χ1) is 9.75. The van der Waals surface area contributed by atoms with Crippen molar-refractivity contribution in [2.75, 3.05) is 0 Å². The molecule has 0 aliphatic heterocycles. The van der Waals surface area contributed by atoms with E-state index in [1.54, 1.807) is 0 Å². The molecule has 0 saturated carbocycles. The van der Waals surface area contributed by atoms with Gasteiger partial charge >= 0.3 is 5.97 Å². The number of benzene rings is 2. The molecule has 2 rings (SSSR count). The average Bonchev–Trinajstić information content (AvgIpc) is 2.38. The Morgan fingerprint density at radius 1 is 1.28 bits per heavy atom. The summed E-state index contributed by atoms with van der Waals surface area (Å²) in [6.45, 7) is 0. The van der Waals surface area contributed by atoms with Crippen LogP contribution in [0.4, 0.5) is 8.78 Å². The highest BCUT2D eigenvalue weighted by atomic mass is 19.1. The molecule has 0 fully saturated rings. The zero-order chi connectivity index (χ0) is 15.9. The minimum Gasteiger partial charge on any atom is -0.507 e. The summed E-state index contributed by atoms with van der Waals surface area (Å²) in [5, 5.41) is 18.5. The van der Waals surface area contributed by atoms with Crippen molar-refractivity contribution in [3.8, 4) is 16.9 Å². The Morgan fingerprint density at radius 2 is 2.00 bits per heavy atom. The maximum Gasteiger partial charge on any atom is 0.339 e. The van der Waals surface area contributed by atoms with E-state index in [4.69, 9.17) is 9.22 Å². The standard InChI is InChI=1S/C13H8F2O3/c14-8-2-3-9(11(15)6-8)7-1-4-12(16)10(5-7)13(17)18/h1-6,16H,(H,17,18)/i1D,4D,5D. The van der Waals surface area contributed by atoms with Gasteiger partial charge in [0.05, 0.1) is 4.11 Å². The Morgan fingerprint density at radius 3 is 2.61 bits per heavy atom. The van der Waals surface area contributed by atoms with Gasteiger partial charge in [-0.25, -0.2) is 13.6 Å².